The molecule has 4 rings (SSSR count). The first-order valence-corrected chi connectivity index (χ1v) is 11.8. The predicted molar refractivity (Wildman–Crippen MR) is 127 cm³/mol. The van der Waals surface area contributed by atoms with Gasteiger partial charge in [0.25, 0.3) is 0 Å². The molecule has 0 aliphatic carbocycles. The van der Waals surface area contributed by atoms with Crippen LogP contribution in [0.25, 0.3) is 0 Å². The highest BCUT2D eigenvalue weighted by molar-refractivity contribution is 5.91. The van der Waals surface area contributed by atoms with Gasteiger partial charge in [0.05, 0.1) is 18.9 Å². The molecule has 0 atom stereocenters. The minimum absolute atomic E-state index is 0.0369. The summed E-state index contributed by atoms with van der Waals surface area (Å²) in [5.41, 5.74) is 2.29. The van der Waals surface area contributed by atoms with Crippen molar-refractivity contribution in [2.75, 3.05) is 56.2 Å². The number of pyridine rings is 1. The van der Waals surface area contributed by atoms with Crippen LogP contribution in [-0.2, 0) is 11.2 Å². The Bertz CT molecular complexity index is 897. The van der Waals surface area contributed by atoms with Crippen molar-refractivity contribution in [3.8, 4) is 11.6 Å². The fourth-order valence-electron chi connectivity index (χ4n) is 4.32. The Labute approximate surface area is 190 Å². The van der Waals surface area contributed by atoms with Gasteiger partial charge in [0.1, 0.15) is 11.6 Å². The monoisotopic (exact) mass is 438 g/mol. The van der Waals surface area contributed by atoms with Crippen LogP contribution >= 0.6 is 0 Å². The van der Waals surface area contributed by atoms with Crippen molar-refractivity contribution in [2.45, 2.75) is 39.0 Å². The molecule has 172 valence electrons. The van der Waals surface area contributed by atoms with Crippen LogP contribution in [0.3, 0.4) is 0 Å². The molecule has 0 spiro atoms. The molecule has 2 aromatic rings. The van der Waals surface area contributed by atoms with Crippen molar-refractivity contribution in [3.05, 3.63) is 42.0 Å². The topological polar surface area (TPSA) is 66.9 Å². The number of hydrogen-bond acceptors (Lipinski definition) is 6. The summed E-state index contributed by atoms with van der Waals surface area (Å²) in [7, 11) is 0. The lowest BCUT2D eigenvalue weighted by atomic mass is 10.1. The van der Waals surface area contributed by atoms with Gasteiger partial charge in [-0.1, -0.05) is 12.1 Å². The number of hydrogen-bond donors (Lipinski definition) is 1. The Balaban J connectivity index is 1.16. The van der Waals surface area contributed by atoms with Crippen LogP contribution in [0.4, 0.5) is 11.5 Å². The van der Waals surface area contributed by atoms with Crippen molar-refractivity contribution < 1.29 is 14.3 Å². The quantitative estimate of drug-likeness (QED) is 0.602. The maximum absolute atomic E-state index is 11.7. The molecule has 32 heavy (non-hydrogen) atoms. The molecule has 2 aliphatic heterocycles. The number of amides is 1. The Kier molecular flexibility index (Phi) is 7.82. The molecule has 0 bridgehead atoms. The fraction of sp³-hybridized carbons (Fsp3) is 0.520. The fourth-order valence-corrected chi connectivity index (χ4v) is 4.32. The summed E-state index contributed by atoms with van der Waals surface area (Å²) in [5, 5.41) is 2.88. The molecule has 1 amide bonds. The number of aryl methyl sites for hydroxylation is 1. The van der Waals surface area contributed by atoms with E-state index >= 15 is 0 Å². The van der Waals surface area contributed by atoms with Crippen molar-refractivity contribution in [1.29, 1.82) is 0 Å². The van der Waals surface area contributed by atoms with E-state index < -0.39 is 0 Å². The van der Waals surface area contributed by atoms with Gasteiger partial charge in [-0.3, -0.25) is 9.69 Å². The minimum atomic E-state index is 0.0369. The van der Waals surface area contributed by atoms with Crippen LogP contribution < -0.4 is 19.7 Å². The van der Waals surface area contributed by atoms with Crippen molar-refractivity contribution in [3.63, 3.8) is 0 Å². The molecule has 0 unspecified atom stereocenters. The average Bonchev–Trinajstić information content (AvgIpc) is 3.00. The molecule has 0 saturated carbocycles. The van der Waals surface area contributed by atoms with E-state index in [9.17, 15) is 4.79 Å². The van der Waals surface area contributed by atoms with Gasteiger partial charge in [-0.15, -0.1) is 0 Å². The summed E-state index contributed by atoms with van der Waals surface area (Å²) in [5.74, 6) is 2.27. The van der Waals surface area contributed by atoms with Crippen LogP contribution in [0.5, 0.6) is 11.6 Å². The second kappa shape index (κ2) is 11.2. The molecule has 2 aliphatic rings. The Morgan fingerprint density at radius 2 is 1.84 bits per heavy atom. The van der Waals surface area contributed by atoms with E-state index in [2.05, 4.69) is 38.3 Å². The van der Waals surface area contributed by atoms with E-state index in [1.54, 1.807) is 0 Å². The van der Waals surface area contributed by atoms with E-state index in [0.717, 1.165) is 69.7 Å². The predicted octanol–water partition coefficient (Wildman–Crippen LogP) is 3.74. The van der Waals surface area contributed by atoms with Gasteiger partial charge < -0.3 is 19.7 Å². The van der Waals surface area contributed by atoms with Crippen LogP contribution in [0, 0.1) is 0 Å². The molecule has 3 heterocycles. The molecule has 7 nitrogen and oxygen atoms in total. The van der Waals surface area contributed by atoms with Gasteiger partial charge in [0.2, 0.25) is 11.8 Å². The van der Waals surface area contributed by atoms with Crippen molar-refractivity contribution >= 4 is 17.4 Å². The maximum Gasteiger partial charge on any atom is 0.225 e. The van der Waals surface area contributed by atoms with E-state index in [1.165, 1.54) is 5.69 Å². The lowest BCUT2D eigenvalue weighted by molar-refractivity contribution is -0.116. The summed E-state index contributed by atoms with van der Waals surface area (Å²) in [6.07, 6.45) is 4.38. The second-order valence-corrected chi connectivity index (χ2v) is 8.34. The van der Waals surface area contributed by atoms with Gasteiger partial charge in [0.15, 0.2) is 0 Å². The number of aromatic nitrogens is 1. The first kappa shape index (κ1) is 22.4. The number of carbonyl (C=O) groups excluding carboxylic acids is 1. The Morgan fingerprint density at radius 1 is 1.00 bits per heavy atom. The molecule has 1 saturated heterocycles. The number of carbonyl (C=O) groups is 1. The van der Waals surface area contributed by atoms with Gasteiger partial charge in [-0.2, -0.15) is 4.98 Å². The molecular weight excluding hydrogens is 404 g/mol. The highest BCUT2D eigenvalue weighted by atomic mass is 16.5. The van der Waals surface area contributed by atoms with Crippen molar-refractivity contribution in [1.82, 2.24) is 9.88 Å². The highest BCUT2D eigenvalue weighted by Crippen LogP contribution is 2.29. The normalized spacial score (nSPS) is 16.8. The smallest absolute Gasteiger partial charge is 0.225 e. The zero-order valence-corrected chi connectivity index (χ0v) is 19.0. The Morgan fingerprint density at radius 3 is 2.69 bits per heavy atom. The Hall–Kier alpha value is -2.80. The number of ether oxygens (including phenoxy) is 2. The zero-order chi connectivity index (χ0) is 22.2. The summed E-state index contributed by atoms with van der Waals surface area (Å²) in [4.78, 5) is 21.2. The summed E-state index contributed by atoms with van der Waals surface area (Å²) in [6, 6.07) is 12.3. The molecule has 1 aromatic heterocycles. The molecule has 1 fully saturated rings. The largest absolute Gasteiger partial charge is 0.492 e. The third-order valence-electron chi connectivity index (χ3n) is 6.06. The lowest BCUT2D eigenvalue weighted by Crippen LogP contribution is -2.46. The van der Waals surface area contributed by atoms with Crippen molar-refractivity contribution in [2.24, 2.45) is 0 Å². The summed E-state index contributed by atoms with van der Waals surface area (Å²) >= 11 is 0. The third-order valence-corrected chi connectivity index (χ3v) is 6.06. The molecule has 1 aromatic carbocycles. The number of benzene rings is 1. The van der Waals surface area contributed by atoms with Crippen LogP contribution in [0.15, 0.2) is 36.4 Å². The van der Waals surface area contributed by atoms with Crippen LogP contribution in [0.1, 0.15) is 38.2 Å². The maximum atomic E-state index is 11.7. The van der Waals surface area contributed by atoms with E-state index in [0.29, 0.717) is 31.3 Å². The first-order valence-electron chi connectivity index (χ1n) is 11.8. The van der Waals surface area contributed by atoms with E-state index in [4.69, 9.17) is 9.47 Å². The third kappa shape index (κ3) is 5.91. The summed E-state index contributed by atoms with van der Waals surface area (Å²) < 4.78 is 11.6. The highest BCUT2D eigenvalue weighted by Gasteiger charge is 2.19. The van der Waals surface area contributed by atoms with Gasteiger partial charge in [-0.05, 0) is 62.9 Å². The first-order chi connectivity index (χ1) is 15.7. The zero-order valence-electron chi connectivity index (χ0n) is 19.0. The van der Waals surface area contributed by atoms with Crippen LogP contribution in [-0.4, -0.2) is 61.7 Å². The number of para-hydroxylation sites is 2. The number of nitrogens with one attached hydrogen (secondary N) is 1. The van der Waals surface area contributed by atoms with Gasteiger partial charge >= 0.3 is 0 Å². The SMILES string of the molecule is CCOc1ccccc1N1CCN(CCCCOc2ccc3c(n2)NC(=O)CCC3)CC1. The second-order valence-electron chi connectivity index (χ2n) is 8.34. The minimum Gasteiger partial charge on any atom is -0.492 e. The average molecular weight is 439 g/mol. The number of rotatable bonds is 9. The standard InChI is InChI=1S/C25H34N4O3/c1-2-31-22-10-4-3-9-21(22)29-17-15-28(16-18-29)14-5-6-19-32-24-13-12-20-8-7-11-23(30)26-25(20)27-24/h3-4,9-10,12-13H,2,5-8,11,14-19H2,1H3,(H,26,27,30). The van der Waals surface area contributed by atoms with Gasteiger partial charge in [-0.25, -0.2) is 0 Å². The van der Waals surface area contributed by atoms with E-state index in [1.807, 2.05) is 25.1 Å². The number of unbranched alkanes of at least 4 members (excludes halogenated alkanes) is 1. The number of fused-ring (bicyclic) bond motifs is 1. The van der Waals surface area contributed by atoms with E-state index in [-0.39, 0.29) is 5.91 Å². The number of nitrogens with zero attached hydrogens (tertiary/aromatic N) is 3. The number of anilines is 2. The summed E-state index contributed by atoms with van der Waals surface area (Å²) in [6.45, 7) is 8.60. The lowest BCUT2D eigenvalue weighted by Gasteiger charge is -2.36. The molecule has 1 N–H and O–H groups in total. The van der Waals surface area contributed by atoms with Crippen LogP contribution in [0.2, 0.25) is 0 Å². The van der Waals surface area contributed by atoms with Gasteiger partial charge in [0, 0.05) is 38.7 Å². The molecule has 7 heteroatoms. The number of piperazine rings is 1. The molecular formula is C25H34N4O3. The molecule has 0 radical (unpaired) electrons.